The van der Waals surface area contributed by atoms with E-state index in [1.807, 2.05) is 32.0 Å². The van der Waals surface area contributed by atoms with Crippen molar-refractivity contribution in [3.63, 3.8) is 0 Å². The normalized spacial score (nSPS) is 16.4. The highest BCUT2D eigenvalue weighted by atomic mass is 16.5. The Bertz CT molecular complexity index is 797. The zero-order valence-corrected chi connectivity index (χ0v) is 14.0. The summed E-state index contributed by atoms with van der Waals surface area (Å²) in [6.07, 6.45) is 1.05. The largest absolute Gasteiger partial charge is 0.469 e. The van der Waals surface area contributed by atoms with E-state index in [0.717, 1.165) is 11.3 Å². The Labute approximate surface area is 140 Å². The molecule has 0 fully saturated rings. The van der Waals surface area contributed by atoms with Crippen LogP contribution in [0, 0.1) is 19.8 Å². The predicted molar refractivity (Wildman–Crippen MR) is 87.7 cm³/mol. The standard InChI is InChI=1S/C17H20N4O3/c1-10-4-5-13(8-11(10)2)18-16(22)15-20-19-14-9-12(17(23)24-3)6-7-21(14)15/h4-5,8,12H,6-7,9H2,1-3H3,(H,18,22). The molecule has 0 aliphatic carbocycles. The summed E-state index contributed by atoms with van der Waals surface area (Å²) in [5, 5.41) is 10.9. The second kappa shape index (κ2) is 6.43. The Morgan fingerprint density at radius 1 is 1.25 bits per heavy atom. The number of hydrogen-bond acceptors (Lipinski definition) is 5. The first-order valence-electron chi connectivity index (χ1n) is 7.88. The number of nitrogens with one attached hydrogen (secondary N) is 1. The number of aryl methyl sites for hydroxylation is 2. The minimum Gasteiger partial charge on any atom is -0.469 e. The van der Waals surface area contributed by atoms with Gasteiger partial charge in [0, 0.05) is 18.7 Å². The van der Waals surface area contributed by atoms with Crippen LogP contribution in [0.1, 0.15) is 34.0 Å². The van der Waals surface area contributed by atoms with Crippen molar-refractivity contribution in [1.29, 1.82) is 0 Å². The molecule has 7 nitrogen and oxygen atoms in total. The first kappa shape index (κ1) is 16.2. The number of benzene rings is 1. The average Bonchev–Trinajstić information content (AvgIpc) is 3.00. The number of esters is 1. The Balaban J connectivity index is 1.77. The number of carbonyl (C=O) groups is 2. The summed E-state index contributed by atoms with van der Waals surface area (Å²) in [6.45, 7) is 4.54. The van der Waals surface area contributed by atoms with Crippen LogP contribution in [0.4, 0.5) is 5.69 Å². The van der Waals surface area contributed by atoms with Gasteiger partial charge in [0.25, 0.3) is 5.91 Å². The summed E-state index contributed by atoms with van der Waals surface area (Å²) in [5.74, 6) is 0.148. The Morgan fingerprint density at radius 2 is 2.04 bits per heavy atom. The Hall–Kier alpha value is -2.70. The predicted octanol–water partition coefficient (Wildman–Crippen LogP) is 1.88. The summed E-state index contributed by atoms with van der Waals surface area (Å²) in [4.78, 5) is 24.1. The molecule has 24 heavy (non-hydrogen) atoms. The molecule has 1 atom stereocenters. The number of carbonyl (C=O) groups excluding carboxylic acids is 2. The Morgan fingerprint density at radius 3 is 2.75 bits per heavy atom. The van der Waals surface area contributed by atoms with Crippen LogP contribution in [0.25, 0.3) is 0 Å². The highest BCUT2D eigenvalue weighted by Crippen LogP contribution is 2.22. The van der Waals surface area contributed by atoms with E-state index in [0.29, 0.717) is 25.2 Å². The third kappa shape index (κ3) is 3.02. The molecule has 0 saturated heterocycles. The SMILES string of the molecule is COC(=O)C1CCn2c(nnc2C(=O)Nc2ccc(C)c(C)c2)C1. The van der Waals surface area contributed by atoms with Gasteiger partial charge in [0.15, 0.2) is 0 Å². The third-order valence-corrected chi connectivity index (χ3v) is 4.46. The first-order chi connectivity index (χ1) is 11.5. The van der Waals surface area contributed by atoms with Crippen molar-refractivity contribution in [2.24, 2.45) is 5.92 Å². The van der Waals surface area contributed by atoms with E-state index in [9.17, 15) is 9.59 Å². The molecule has 1 amide bonds. The topological polar surface area (TPSA) is 86.1 Å². The molecule has 0 spiro atoms. The maximum atomic E-state index is 12.5. The molecular weight excluding hydrogens is 308 g/mol. The third-order valence-electron chi connectivity index (χ3n) is 4.46. The summed E-state index contributed by atoms with van der Waals surface area (Å²) in [6, 6.07) is 5.75. The minimum atomic E-state index is -0.298. The summed E-state index contributed by atoms with van der Waals surface area (Å²) < 4.78 is 6.56. The fourth-order valence-electron chi connectivity index (χ4n) is 2.87. The average molecular weight is 328 g/mol. The molecule has 0 bridgehead atoms. The number of nitrogens with zero attached hydrogens (tertiary/aromatic N) is 3. The van der Waals surface area contributed by atoms with Crippen molar-refractivity contribution in [3.05, 3.63) is 41.0 Å². The molecule has 1 N–H and O–H groups in total. The van der Waals surface area contributed by atoms with Crippen LogP contribution in [0.2, 0.25) is 0 Å². The van der Waals surface area contributed by atoms with Gasteiger partial charge in [0.2, 0.25) is 5.82 Å². The van der Waals surface area contributed by atoms with Gasteiger partial charge in [-0.3, -0.25) is 9.59 Å². The van der Waals surface area contributed by atoms with E-state index < -0.39 is 0 Å². The van der Waals surface area contributed by atoms with Gasteiger partial charge >= 0.3 is 5.97 Å². The molecule has 0 saturated carbocycles. The molecule has 2 aromatic rings. The smallest absolute Gasteiger partial charge is 0.309 e. The van der Waals surface area contributed by atoms with Crippen LogP contribution in [-0.2, 0) is 22.5 Å². The lowest BCUT2D eigenvalue weighted by Gasteiger charge is -2.21. The highest BCUT2D eigenvalue weighted by Gasteiger charge is 2.30. The van der Waals surface area contributed by atoms with Gasteiger partial charge in [0.1, 0.15) is 5.82 Å². The quantitative estimate of drug-likeness (QED) is 0.870. The van der Waals surface area contributed by atoms with Crippen molar-refractivity contribution in [2.45, 2.75) is 33.2 Å². The lowest BCUT2D eigenvalue weighted by Crippen LogP contribution is -2.29. The fourth-order valence-corrected chi connectivity index (χ4v) is 2.87. The van der Waals surface area contributed by atoms with E-state index in [4.69, 9.17) is 4.74 Å². The maximum Gasteiger partial charge on any atom is 0.309 e. The molecular formula is C17H20N4O3. The van der Waals surface area contributed by atoms with E-state index in [1.54, 1.807) is 4.57 Å². The maximum absolute atomic E-state index is 12.5. The molecule has 3 rings (SSSR count). The minimum absolute atomic E-state index is 0.220. The van der Waals surface area contributed by atoms with Gasteiger partial charge in [-0.05, 0) is 43.5 Å². The zero-order valence-electron chi connectivity index (χ0n) is 14.0. The molecule has 1 aromatic heterocycles. The van der Waals surface area contributed by atoms with Crippen molar-refractivity contribution < 1.29 is 14.3 Å². The number of hydrogen-bond donors (Lipinski definition) is 1. The van der Waals surface area contributed by atoms with Crippen molar-refractivity contribution in [3.8, 4) is 0 Å². The summed E-state index contributed by atoms with van der Waals surface area (Å²) in [5.41, 5.74) is 3.00. The van der Waals surface area contributed by atoms with Crippen molar-refractivity contribution in [1.82, 2.24) is 14.8 Å². The molecule has 126 valence electrons. The van der Waals surface area contributed by atoms with E-state index in [-0.39, 0.29) is 23.6 Å². The molecule has 1 aliphatic heterocycles. The number of fused-ring (bicyclic) bond motifs is 1. The van der Waals surface area contributed by atoms with Gasteiger partial charge in [-0.15, -0.1) is 10.2 Å². The van der Waals surface area contributed by atoms with Crippen molar-refractivity contribution >= 4 is 17.6 Å². The highest BCUT2D eigenvalue weighted by molar-refractivity contribution is 6.01. The van der Waals surface area contributed by atoms with Crippen LogP contribution < -0.4 is 5.32 Å². The van der Waals surface area contributed by atoms with Gasteiger partial charge in [-0.25, -0.2) is 0 Å². The zero-order chi connectivity index (χ0) is 17.3. The van der Waals surface area contributed by atoms with Crippen molar-refractivity contribution in [2.75, 3.05) is 12.4 Å². The van der Waals surface area contributed by atoms with E-state index >= 15 is 0 Å². The van der Waals surface area contributed by atoms with Crippen LogP contribution in [0.3, 0.4) is 0 Å². The molecule has 1 aromatic carbocycles. The monoisotopic (exact) mass is 328 g/mol. The second-order valence-corrected chi connectivity index (χ2v) is 6.06. The van der Waals surface area contributed by atoms with Gasteiger partial charge in [-0.1, -0.05) is 6.07 Å². The number of anilines is 1. The summed E-state index contributed by atoms with van der Waals surface area (Å²) in [7, 11) is 1.38. The van der Waals surface area contributed by atoms with E-state index in [1.165, 1.54) is 12.7 Å². The fraction of sp³-hybridized carbons (Fsp3) is 0.412. The van der Waals surface area contributed by atoms with Gasteiger partial charge in [-0.2, -0.15) is 0 Å². The lowest BCUT2D eigenvalue weighted by molar-refractivity contribution is -0.146. The number of ether oxygens (including phenoxy) is 1. The molecule has 7 heteroatoms. The number of rotatable bonds is 3. The number of methoxy groups -OCH3 is 1. The number of amides is 1. The number of aromatic nitrogens is 3. The Kier molecular flexibility index (Phi) is 4.33. The van der Waals surface area contributed by atoms with Crippen LogP contribution in [0.5, 0.6) is 0 Å². The molecule has 1 aliphatic rings. The lowest BCUT2D eigenvalue weighted by atomic mass is 9.98. The first-order valence-corrected chi connectivity index (χ1v) is 7.88. The summed E-state index contributed by atoms with van der Waals surface area (Å²) >= 11 is 0. The van der Waals surface area contributed by atoms with Crippen LogP contribution in [-0.4, -0.2) is 33.8 Å². The van der Waals surface area contributed by atoms with Gasteiger partial charge < -0.3 is 14.6 Å². The molecule has 1 unspecified atom stereocenters. The molecule has 0 radical (unpaired) electrons. The van der Waals surface area contributed by atoms with Crippen LogP contribution >= 0.6 is 0 Å². The second-order valence-electron chi connectivity index (χ2n) is 6.06. The molecule has 2 heterocycles. The van der Waals surface area contributed by atoms with Gasteiger partial charge in [0.05, 0.1) is 13.0 Å². The van der Waals surface area contributed by atoms with E-state index in [2.05, 4.69) is 15.5 Å². The van der Waals surface area contributed by atoms with Crippen LogP contribution in [0.15, 0.2) is 18.2 Å².